The van der Waals surface area contributed by atoms with Crippen molar-refractivity contribution < 1.29 is 28.7 Å². The first-order chi connectivity index (χ1) is 17.0. The van der Waals surface area contributed by atoms with Gasteiger partial charge in [-0.25, -0.2) is 9.59 Å². The number of ether oxygens (including phenoxy) is 1. The van der Waals surface area contributed by atoms with Crippen molar-refractivity contribution in [2.24, 2.45) is 22.3 Å². The Bertz CT molecular complexity index is 991. The maximum Gasteiger partial charge on any atom is 0.334 e. The summed E-state index contributed by atoms with van der Waals surface area (Å²) in [6, 6.07) is -1.44. The van der Waals surface area contributed by atoms with E-state index in [0.717, 1.165) is 16.2 Å². The number of nitrogens with zero attached hydrogens (tertiary/aromatic N) is 3. The van der Waals surface area contributed by atoms with E-state index in [0.29, 0.717) is 64.8 Å². The quantitative estimate of drug-likeness (QED) is 0.349. The zero-order chi connectivity index (χ0) is 26.3. The molecule has 4 rings (SSSR count). The van der Waals surface area contributed by atoms with Crippen LogP contribution in [-0.2, 0) is 19.1 Å². The van der Waals surface area contributed by atoms with Crippen molar-refractivity contribution in [3.8, 4) is 0 Å². The van der Waals surface area contributed by atoms with Crippen LogP contribution >= 0.6 is 0 Å². The molecule has 198 valence electrons. The number of nitrogens with two attached hydrogens (primary N) is 2. The Hall–Kier alpha value is -3.15. The highest BCUT2D eigenvalue weighted by molar-refractivity contribution is 6.29. The third kappa shape index (κ3) is 4.54. The van der Waals surface area contributed by atoms with Gasteiger partial charge in [-0.05, 0) is 43.9 Å². The summed E-state index contributed by atoms with van der Waals surface area (Å²) in [4.78, 5) is 68.1. The van der Waals surface area contributed by atoms with Gasteiger partial charge < -0.3 is 21.1 Å². The zero-order valence-electron chi connectivity index (χ0n) is 21.0. The fraction of sp³-hybridized carbons (Fsp3) is 0.708. The van der Waals surface area contributed by atoms with Crippen LogP contribution in [0.5, 0.6) is 0 Å². The fourth-order valence-electron chi connectivity index (χ4n) is 5.77. The number of unbranched alkanes of at least 4 members (excludes halogenated alkanes) is 1. The second-order valence-corrected chi connectivity index (χ2v) is 10.8. The normalized spacial score (nSPS) is 31.5. The highest BCUT2D eigenvalue weighted by Gasteiger charge is 2.51. The minimum atomic E-state index is -0.747. The van der Waals surface area contributed by atoms with Crippen molar-refractivity contribution in [1.82, 2.24) is 20.0 Å². The van der Waals surface area contributed by atoms with E-state index >= 15 is 0 Å². The number of urea groups is 2. The van der Waals surface area contributed by atoms with Crippen molar-refractivity contribution in [1.29, 1.82) is 0 Å². The molecule has 4 aliphatic rings. The topological polar surface area (TPSA) is 168 Å². The standard InChI is InChI=1S/C24H36N6O6/c1-3-4-10-29-18(31)16(17(25)26)19(32)30(22(29)35)15-5-7-23(2,8-6-15)12-28-13-24(9-11-36-14-24)20(33)27-21(28)34/h15H,3-14,25-26H2,1-2H3,(H,27,33,34)/t15?,23?,24-/m1/s1. The number of carbonyl (C=O) groups excluding carboxylic acids is 5. The number of rotatable bonds is 6. The van der Waals surface area contributed by atoms with Crippen LogP contribution in [0.15, 0.2) is 11.4 Å². The summed E-state index contributed by atoms with van der Waals surface area (Å²) in [5.74, 6) is -2.16. The molecule has 1 atom stereocenters. The molecule has 12 heteroatoms. The molecule has 7 amide bonds. The Morgan fingerprint density at radius 2 is 1.78 bits per heavy atom. The molecule has 4 fully saturated rings. The van der Waals surface area contributed by atoms with Gasteiger partial charge in [0.05, 0.1) is 12.0 Å². The smallest absolute Gasteiger partial charge is 0.334 e. The van der Waals surface area contributed by atoms with Gasteiger partial charge in [-0.3, -0.25) is 29.5 Å². The number of barbiturate groups is 1. The van der Waals surface area contributed by atoms with Crippen LogP contribution in [0.1, 0.15) is 58.8 Å². The van der Waals surface area contributed by atoms with Crippen molar-refractivity contribution in [3.63, 3.8) is 0 Å². The van der Waals surface area contributed by atoms with Crippen LogP contribution in [0.4, 0.5) is 9.59 Å². The van der Waals surface area contributed by atoms with Crippen molar-refractivity contribution in [3.05, 3.63) is 11.4 Å². The number of imide groups is 3. The van der Waals surface area contributed by atoms with E-state index in [1.54, 1.807) is 4.90 Å². The molecule has 1 spiro atoms. The van der Waals surface area contributed by atoms with Gasteiger partial charge in [0.2, 0.25) is 5.91 Å². The summed E-state index contributed by atoms with van der Waals surface area (Å²) in [5.41, 5.74) is 10.0. The van der Waals surface area contributed by atoms with E-state index in [-0.39, 0.29) is 29.3 Å². The summed E-state index contributed by atoms with van der Waals surface area (Å²) >= 11 is 0. The Labute approximate surface area is 210 Å². The largest absolute Gasteiger partial charge is 0.385 e. The Kier molecular flexibility index (Phi) is 7.00. The third-order valence-corrected chi connectivity index (χ3v) is 8.04. The van der Waals surface area contributed by atoms with Crippen LogP contribution < -0.4 is 16.8 Å². The van der Waals surface area contributed by atoms with Gasteiger partial charge >= 0.3 is 12.1 Å². The van der Waals surface area contributed by atoms with E-state index < -0.39 is 35.3 Å². The van der Waals surface area contributed by atoms with Gasteiger partial charge in [0.15, 0.2) is 0 Å². The summed E-state index contributed by atoms with van der Waals surface area (Å²) in [6.07, 6.45) is 4.29. The molecule has 0 aromatic heterocycles. The van der Waals surface area contributed by atoms with Gasteiger partial charge in [0, 0.05) is 32.3 Å². The van der Waals surface area contributed by atoms with Gasteiger partial charge in [-0.15, -0.1) is 0 Å². The molecule has 5 N–H and O–H groups in total. The highest BCUT2D eigenvalue weighted by atomic mass is 16.5. The first-order valence-corrected chi connectivity index (χ1v) is 12.6. The molecule has 0 radical (unpaired) electrons. The Morgan fingerprint density at radius 3 is 2.36 bits per heavy atom. The summed E-state index contributed by atoms with van der Waals surface area (Å²) in [7, 11) is 0. The molecule has 0 bridgehead atoms. The number of amides is 7. The molecule has 3 heterocycles. The molecule has 3 aliphatic heterocycles. The minimum absolute atomic E-state index is 0.188. The van der Waals surface area contributed by atoms with E-state index in [9.17, 15) is 24.0 Å². The van der Waals surface area contributed by atoms with E-state index in [4.69, 9.17) is 16.2 Å². The van der Waals surface area contributed by atoms with E-state index in [1.807, 2.05) is 6.92 Å². The lowest BCUT2D eigenvalue weighted by molar-refractivity contribution is -0.138. The molecule has 0 unspecified atom stereocenters. The molecule has 36 heavy (non-hydrogen) atoms. The SMILES string of the molecule is CCCCN1C(=O)C(=C(N)N)C(=O)N(C2CCC(C)(CN3C[C@@]4(CCOC4)C(=O)NC3=O)CC2)C1=O. The van der Waals surface area contributed by atoms with Crippen LogP contribution in [0.2, 0.25) is 0 Å². The highest BCUT2D eigenvalue weighted by Crippen LogP contribution is 2.41. The Morgan fingerprint density at radius 1 is 1.08 bits per heavy atom. The maximum atomic E-state index is 13.2. The van der Waals surface area contributed by atoms with Crippen molar-refractivity contribution in [2.75, 3.05) is 32.8 Å². The predicted molar refractivity (Wildman–Crippen MR) is 128 cm³/mol. The van der Waals surface area contributed by atoms with Gasteiger partial charge in [0.1, 0.15) is 11.4 Å². The minimum Gasteiger partial charge on any atom is -0.385 e. The van der Waals surface area contributed by atoms with Crippen LogP contribution in [-0.4, -0.2) is 83.4 Å². The molecule has 12 nitrogen and oxygen atoms in total. The van der Waals surface area contributed by atoms with E-state index in [2.05, 4.69) is 12.2 Å². The number of carbonyl (C=O) groups is 5. The molecule has 1 aliphatic carbocycles. The van der Waals surface area contributed by atoms with Crippen molar-refractivity contribution >= 4 is 29.8 Å². The summed E-state index contributed by atoms with van der Waals surface area (Å²) in [5, 5.41) is 2.49. The predicted octanol–water partition coefficient (Wildman–Crippen LogP) is 0.614. The average Bonchev–Trinajstić information content (AvgIpc) is 3.28. The molecule has 1 saturated carbocycles. The van der Waals surface area contributed by atoms with Crippen LogP contribution in [0, 0.1) is 10.8 Å². The van der Waals surface area contributed by atoms with Crippen LogP contribution in [0.25, 0.3) is 0 Å². The third-order valence-electron chi connectivity index (χ3n) is 8.04. The first kappa shape index (κ1) is 25.9. The summed E-state index contributed by atoms with van der Waals surface area (Å²) < 4.78 is 5.46. The molecule has 3 saturated heterocycles. The molecule has 0 aromatic rings. The molecular weight excluding hydrogens is 468 g/mol. The second-order valence-electron chi connectivity index (χ2n) is 10.8. The first-order valence-electron chi connectivity index (χ1n) is 12.6. The number of nitrogens with one attached hydrogen (secondary N) is 1. The average molecular weight is 505 g/mol. The van der Waals surface area contributed by atoms with Gasteiger partial charge in [0.25, 0.3) is 11.8 Å². The Balaban J connectivity index is 1.46. The van der Waals surface area contributed by atoms with Crippen LogP contribution in [0.3, 0.4) is 0 Å². The monoisotopic (exact) mass is 504 g/mol. The number of hydrogen-bond acceptors (Lipinski definition) is 8. The van der Waals surface area contributed by atoms with Gasteiger partial charge in [-0.2, -0.15) is 0 Å². The zero-order valence-corrected chi connectivity index (χ0v) is 21.0. The van der Waals surface area contributed by atoms with Gasteiger partial charge in [-0.1, -0.05) is 20.3 Å². The summed E-state index contributed by atoms with van der Waals surface area (Å²) in [6.45, 7) is 5.76. The number of hydrogen-bond donors (Lipinski definition) is 3. The van der Waals surface area contributed by atoms with Crippen molar-refractivity contribution in [2.45, 2.75) is 64.8 Å². The second kappa shape index (κ2) is 9.72. The molecular formula is C24H36N6O6. The maximum absolute atomic E-state index is 13.2. The lowest BCUT2D eigenvalue weighted by Crippen LogP contribution is -2.63. The van der Waals surface area contributed by atoms with E-state index in [1.165, 1.54) is 0 Å². The molecule has 0 aromatic carbocycles. The lowest BCUT2D eigenvalue weighted by atomic mass is 9.72. The fourth-order valence-corrected chi connectivity index (χ4v) is 5.77. The lowest BCUT2D eigenvalue weighted by Gasteiger charge is -2.47.